The molecule has 4 saturated heterocycles. The van der Waals surface area contributed by atoms with Crippen molar-refractivity contribution in [3.05, 3.63) is 0 Å². The Hall–Kier alpha value is -1.79. The van der Waals surface area contributed by atoms with Crippen LogP contribution in [-0.4, -0.2) is 86.3 Å². The Balaban J connectivity index is 1.75. The molecule has 11 nitrogen and oxygen atoms in total. The van der Waals surface area contributed by atoms with E-state index in [1.54, 1.807) is 20.8 Å². The molecule has 2 saturated carbocycles. The van der Waals surface area contributed by atoms with E-state index in [0.717, 1.165) is 0 Å². The molecule has 0 aromatic rings. The number of hydrogen-bond donors (Lipinski definition) is 4. The van der Waals surface area contributed by atoms with Gasteiger partial charge in [0.25, 0.3) is 0 Å². The second-order valence-electron chi connectivity index (χ2n) is 10.8. The molecule has 6 aliphatic rings. The average molecular weight is 440 g/mol. The summed E-state index contributed by atoms with van der Waals surface area (Å²) in [7, 11) is 0. The lowest BCUT2D eigenvalue weighted by Gasteiger charge is -2.47. The third-order valence-electron chi connectivity index (χ3n) is 8.95. The van der Waals surface area contributed by atoms with E-state index >= 15 is 0 Å². The number of rotatable bonds is 0. The first-order chi connectivity index (χ1) is 14.3. The maximum Gasteiger partial charge on any atom is 0.343 e. The standard InChI is InChI=1S/C20H24O11/c1-5-12(24)28-11-8(22)18-10-6(21)7(16(2,3)4)17(18)9(23)13(25)30-15(17)31-20(18,14(26)29-10)19(5,11)27/h5-11,15,21-23,27H,1-4H3/t5-,6+,7+,8-,9-,10+,11+,15-,17+,18+,19+,20-/m1/s1. The first kappa shape index (κ1) is 19.9. The van der Waals surface area contributed by atoms with Crippen LogP contribution in [0, 0.1) is 28.1 Å². The largest absolute Gasteiger partial charge is 0.456 e. The van der Waals surface area contributed by atoms with Gasteiger partial charge in [-0.05, 0) is 12.3 Å². The van der Waals surface area contributed by atoms with Gasteiger partial charge in [-0.15, -0.1) is 0 Å². The summed E-state index contributed by atoms with van der Waals surface area (Å²) in [5.74, 6) is -5.22. The SMILES string of the molecule is C[C@@H]1C(=O)O[C@H]2[C@@H](O)[C@@]34[C@H]5OC(=O)[C@]3(O[C@H]3OC(=O)[C@@H](O)[C@@]34[C@H](C(C)(C)C)[C@@H]5O)[C@]12O. The van der Waals surface area contributed by atoms with Gasteiger partial charge in [-0.3, -0.25) is 4.79 Å². The van der Waals surface area contributed by atoms with Crippen molar-refractivity contribution in [3.8, 4) is 0 Å². The van der Waals surface area contributed by atoms with E-state index < -0.39 is 94.0 Å². The Labute approximate surface area is 176 Å². The summed E-state index contributed by atoms with van der Waals surface area (Å²) in [5.41, 5.74) is -9.40. The zero-order chi connectivity index (χ0) is 22.7. The van der Waals surface area contributed by atoms with E-state index in [4.69, 9.17) is 18.9 Å². The summed E-state index contributed by atoms with van der Waals surface area (Å²) in [6, 6.07) is 0. The zero-order valence-corrected chi connectivity index (χ0v) is 17.3. The van der Waals surface area contributed by atoms with E-state index in [-0.39, 0.29) is 0 Å². The average Bonchev–Trinajstić information content (AvgIpc) is 3.35. The van der Waals surface area contributed by atoms with Crippen LogP contribution < -0.4 is 0 Å². The summed E-state index contributed by atoms with van der Waals surface area (Å²) >= 11 is 0. The van der Waals surface area contributed by atoms with Crippen LogP contribution in [0.4, 0.5) is 0 Å². The molecular weight excluding hydrogens is 416 g/mol. The van der Waals surface area contributed by atoms with Gasteiger partial charge in [0.15, 0.2) is 17.8 Å². The first-order valence-corrected chi connectivity index (χ1v) is 10.3. The van der Waals surface area contributed by atoms with Crippen LogP contribution in [0.3, 0.4) is 0 Å². The first-order valence-electron chi connectivity index (χ1n) is 10.3. The Morgan fingerprint density at radius 2 is 1.58 bits per heavy atom. The van der Waals surface area contributed by atoms with Crippen molar-refractivity contribution in [2.75, 3.05) is 0 Å². The number of ether oxygens (including phenoxy) is 4. The monoisotopic (exact) mass is 440 g/mol. The summed E-state index contributed by atoms with van der Waals surface area (Å²) in [6.07, 6.45) is -9.69. The van der Waals surface area contributed by atoms with Gasteiger partial charge in [-0.1, -0.05) is 20.8 Å². The summed E-state index contributed by atoms with van der Waals surface area (Å²) < 4.78 is 22.2. The number of esters is 3. The van der Waals surface area contributed by atoms with Crippen molar-refractivity contribution in [2.45, 2.75) is 75.7 Å². The molecule has 6 rings (SSSR count). The second kappa shape index (κ2) is 4.91. The maximum absolute atomic E-state index is 13.4. The van der Waals surface area contributed by atoms with Gasteiger partial charge in [-0.2, -0.15) is 0 Å². The van der Waals surface area contributed by atoms with Gasteiger partial charge >= 0.3 is 17.9 Å². The van der Waals surface area contributed by atoms with Crippen LogP contribution >= 0.6 is 0 Å². The number of aliphatic hydroxyl groups excluding tert-OH is 3. The highest BCUT2D eigenvalue weighted by Gasteiger charge is 3.05. The molecule has 0 unspecified atom stereocenters. The van der Waals surface area contributed by atoms with Crippen molar-refractivity contribution >= 4 is 17.9 Å². The molecule has 31 heavy (non-hydrogen) atoms. The maximum atomic E-state index is 13.4. The third-order valence-corrected chi connectivity index (χ3v) is 8.95. The van der Waals surface area contributed by atoms with E-state index in [0.29, 0.717) is 0 Å². The number of aliphatic hydroxyl groups is 4. The number of carbonyl (C=O) groups excluding carboxylic acids is 3. The number of hydrogen-bond acceptors (Lipinski definition) is 11. The molecule has 0 aromatic heterocycles. The third kappa shape index (κ3) is 1.43. The molecule has 4 heterocycles. The van der Waals surface area contributed by atoms with Gasteiger partial charge in [0.2, 0.25) is 11.9 Å². The van der Waals surface area contributed by atoms with E-state index in [1.165, 1.54) is 6.92 Å². The van der Waals surface area contributed by atoms with Crippen LogP contribution in [0.15, 0.2) is 0 Å². The summed E-state index contributed by atoms with van der Waals surface area (Å²) in [5, 5.41) is 46.1. The van der Waals surface area contributed by atoms with Gasteiger partial charge in [0.05, 0.1) is 22.9 Å². The van der Waals surface area contributed by atoms with Crippen molar-refractivity contribution < 1.29 is 53.8 Å². The molecule has 2 spiro atoms. The van der Waals surface area contributed by atoms with Crippen LogP contribution in [-0.2, 0) is 33.3 Å². The lowest BCUT2D eigenvalue weighted by Crippen LogP contribution is -2.67. The number of fused-ring (bicyclic) bond motifs is 1. The Morgan fingerprint density at radius 1 is 0.935 bits per heavy atom. The van der Waals surface area contributed by atoms with Crippen LogP contribution in [0.25, 0.3) is 0 Å². The normalized spacial score (nSPS) is 61.0. The molecule has 6 fully saturated rings. The zero-order valence-electron chi connectivity index (χ0n) is 17.3. The predicted octanol–water partition coefficient (Wildman–Crippen LogP) is -2.40. The molecule has 4 N–H and O–H groups in total. The Bertz CT molecular complexity index is 957. The lowest BCUT2D eigenvalue weighted by molar-refractivity contribution is -0.240. The van der Waals surface area contributed by atoms with Gasteiger partial charge in [0.1, 0.15) is 12.2 Å². The molecule has 170 valence electrons. The fraction of sp³-hybridized carbons (Fsp3) is 0.850. The minimum absolute atomic E-state index is 0.792. The highest BCUT2D eigenvalue weighted by molar-refractivity contribution is 5.94. The molecule has 12 atom stereocenters. The van der Waals surface area contributed by atoms with Crippen molar-refractivity contribution in [3.63, 3.8) is 0 Å². The van der Waals surface area contributed by atoms with E-state index in [2.05, 4.69) is 0 Å². The molecule has 2 aliphatic carbocycles. The number of carbonyl (C=O) groups is 3. The molecule has 4 aliphatic heterocycles. The van der Waals surface area contributed by atoms with E-state index in [1.807, 2.05) is 0 Å². The molecule has 0 amide bonds. The predicted molar refractivity (Wildman–Crippen MR) is 93.4 cm³/mol. The summed E-state index contributed by atoms with van der Waals surface area (Å²) in [6.45, 7) is 6.63. The van der Waals surface area contributed by atoms with Crippen LogP contribution in [0.1, 0.15) is 27.7 Å². The van der Waals surface area contributed by atoms with Crippen molar-refractivity contribution in [2.24, 2.45) is 28.1 Å². The van der Waals surface area contributed by atoms with Gasteiger partial charge in [0, 0.05) is 5.92 Å². The smallest absolute Gasteiger partial charge is 0.343 e. The van der Waals surface area contributed by atoms with Gasteiger partial charge in [-0.25, -0.2) is 9.59 Å². The Kier molecular flexibility index (Phi) is 3.15. The summed E-state index contributed by atoms with van der Waals surface area (Å²) in [4.78, 5) is 38.3. The molecule has 0 bridgehead atoms. The Morgan fingerprint density at radius 3 is 2.19 bits per heavy atom. The minimum atomic E-state index is -2.40. The molecule has 11 heteroatoms. The highest BCUT2D eigenvalue weighted by Crippen LogP contribution is 2.84. The van der Waals surface area contributed by atoms with Crippen LogP contribution in [0.5, 0.6) is 0 Å². The van der Waals surface area contributed by atoms with E-state index in [9.17, 15) is 34.8 Å². The highest BCUT2D eigenvalue weighted by atomic mass is 16.8. The molecular formula is C20H24O11. The van der Waals surface area contributed by atoms with Crippen LogP contribution in [0.2, 0.25) is 0 Å². The van der Waals surface area contributed by atoms with Crippen molar-refractivity contribution in [1.29, 1.82) is 0 Å². The van der Waals surface area contributed by atoms with Crippen molar-refractivity contribution in [1.82, 2.24) is 0 Å². The minimum Gasteiger partial charge on any atom is -0.456 e. The lowest BCUT2D eigenvalue weighted by atomic mass is 9.51. The topological polar surface area (TPSA) is 169 Å². The molecule has 0 radical (unpaired) electrons. The quantitative estimate of drug-likeness (QED) is 0.234. The second-order valence-corrected chi connectivity index (χ2v) is 10.8. The fourth-order valence-corrected chi connectivity index (χ4v) is 8.27. The molecule has 0 aromatic carbocycles. The fourth-order valence-electron chi connectivity index (χ4n) is 8.27. The van der Waals surface area contributed by atoms with Gasteiger partial charge < -0.3 is 39.4 Å².